The maximum absolute atomic E-state index is 12.4. The molecular weight excluding hydrogens is 214 g/mol. The molecule has 2 N–H and O–H groups in total. The molecule has 0 heterocycles. The first-order chi connectivity index (χ1) is 7.92. The van der Waals surface area contributed by atoms with Crippen LogP contribution in [0.5, 0.6) is 0 Å². The summed E-state index contributed by atoms with van der Waals surface area (Å²) in [6, 6.07) is 0. The number of nitrogens with two attached hydrogens (primary N) is 1. The monoisotopic (exact) mass is 233 g/mol. The fourth-order valence-electron chi connectivity index (χ4n) is 6.93. The van der Waals surface area contributed by atoms with E-state index in [4.69, 9.17) is 10.5 Å². The van der Waals surface area contributed by atoms with Gasteiger partial charge in [0.25, 0.3) is 0 Å². The lowest BCUT2D eigenvalue weighted by Crippen LogP contribution is -3.11. The van der Waals surface area contributed by atoms with E-state index in [2.05, 4.69) is 0 Å². The summed E-state index contributed by atoms with van der Waals surface area (Å²) in [6.45, 7) is 6.76. The Morgan fingerprint density at radius 2 is 1.59 bits per heavy atom. The number of carbonyl (C=O) groups is 1. The molecule has 0 aromatic rings. The summed E-state index contributed by atoms with van der Waals surface area (Å²) < 4.78 is 5.64. The van der Waals surface area contributed by atoms with Crippen LogP contribution in [0.1, 0.15) is 20.8 Å². The molecule has 6 aliphatic carbocycles. The molecule has 0 saturated heterocycles. The fraction of sp³-hybridized carbons (Fsp3) is 0.929. The van der Waals surface area contributed by atoms with Crippen molar-refractivity contribution in [2.75, 3.05) is 6.54 Å². The van der Waals surface area contributed by atoms with Gasteiger partial charge in [-0.3, -0.25) is 4.79 Å². The summed E-state index contributed by atoms with van der Waals surface area (Å²) in [5.41, 5.74) is 6.10. The van der Waals surface area contributed by atoms with Crippen LogP contribution in [0, 0.1) is 46.3 Å². The van der Waals surface area contributed by atoms with E-state index in [1.54, 1.807) is 0 Å². The van der Waals surface area contributed by atoms with Crippen LogP contribution in [0.2, 0.25) is 0 Å². The molecule has 0 unspecified atom stereocenters. The third-order valence-electron chi connectivity index (χ3n) is 6.94. The van der Waals surface area contributed by atoms with Crippen LogP contribution in [0.15, 0.2) is 0 Å². The third-order valence-corrected chi connectivity index (χ3v) is 6.94. The standard InChI is InChI=1S/C14H19NO2/c1-12(2,3)17-11(16)14-8-5-9(14)7-10(14)6(8)13(5,7)4-15/h5-10H,4,15H2,1-3H3. The summed E-state index contributed by atoms with van der Waals surface area (Å²) >= 11 is 0. The Labute approximate surface area is 101 Å². The minimum atomic E-state index is -0.335. The van der Waals surface area contributed by atoms with Crippen molar-refractivity contribution in [2.45, 2.75) is 26.4 Å². The van der Waals surface area contributed by atoms with Crippen molar-refractivity contribution >= 4 is 5.97 Å². The summed E-state index contributed by atoms with van der Waals surface area (Å²) in [5.74, 6) is 4.53. The third kappa shape index (κ3) is 0.516. The lowest BCUT2D eigenvalue weighted by Gasteiger charge is -3.10. The van der Waals surface area contributed by atoms with E-state index in [1.165, 1.54) is 0 Å². The van der Waals surface area contributed by atoms with Gasteiger partial charge in [0.2, 0.25) is 0 Å². The number of rotatable bonds is 2. The van der Waals surface area contributed by atoms with E-state index < -0.39 is 0 Å². The van der Waals surface area contributed by atoms with Gasteiger partial charge in [-0.15, -0.1) is 0 Å². The minimum absolute atomic E-state index is 0.00972. The molecule has 6 saturated carbocycles. The molecule has 6 aliphatic rings. The Morgan fingerprint density at radius 3 is 1.94 bits per heavy atom. The highest BCUT2D eigenvalue weighted by atomic mass is 16.6. The highest BCUT2D eigenvalue weighted by Gasteiger charge is 3.11. The Balaban J connectivity index is 1.44. The molecule has 0 atom stereocenters. The van der Waals surface area contributed by atoms with Crippen molar-refractivity contribution in [1.29, 1.82) is 0 Å². The second kappa shape index (κ2) is 1.97. The van der Waals surface area contributed by atoms with Gasteiger partial charge in [0.15, 0.2) is 0 Å². The highest BCUT2D eigenvalue weighted by Crippen LogP contribution is 3.10. The first-order valence-corrected chi connectivity index (χ1v) is 6.86. The quantitative estimate of drug-likeness (QED) is 0.725. The molecule has 0 aromatic heterocycles. The van der Waals surface area contributed by atoms with Crippen LogP contribution in [0.25, 0.3) is 0 Å². The molecule has 0 bridgehead atoms. The number of hydrogen-bond donors (Lipinski definition) is 1. The SMILES string of the molecule is CC(C)(C)OC(=O)C12C3C4C1C1C2C3C41CN. The van der Waals surface area contributed by atoms with Crippen LogP contribution < -0.4 is 5.73 Å². The zero-order valence-electron chi connectivity index (χ0n) is 10.6. The lowest BCUT2D eigenvalue weighted by atomic mass is 8.92. The molecule has 0 spiro atoms. The largest absolute Gasteiger partial charge is 0.460 e. The maximum atomic E-state index is 12.4. The molecule has 3 nitrogen and oxygen atoms in total. The minimum Gasteiger partial charge on any atom is -0.460 e. The van der Waals surface area contributed by atoms with Gasteiger partial charge < -0.3 is 10.5 Å². The fourth-order valence-corrected chi connectivity index (χ4v) is 6.93. The summed E-state index contributed by atoms with van der Waals surface area (Å²) in [4.78, 5) is 12.4. The van der Waals surface area contributed by atoms with E-state index in [0.717, 1.165) is 24.3 Å². The van der Waals surface area contributed by atoms with Gasteiger partial charge in [0, 0.05) is 0 Å². The molecule has 3 heteroatoms. The van der Waals surface area contributed by atoms with Crippen LogP contribution >= 0.6 is 0 Å². The number of hydrogen-bond acceptors (Lipinski definition) is 3. The predicted octanol–water partition coefficient (Wildman–Crippen LogP) is 1.02. The molecule has 0 radical (unpaired) electrons. The van der Waals surface area contributed by atoms with Crippen molar-refractivity contribution in [2.24, 2.45) is 52.1 Å². The molecule has 0 aliphatic heterocycles. The van der Waals surface area contributed by atoms with Crippen molar-refractivity contribution in [3.05, 3.63) is 0 Å². The van der Waals surface area contributed by atoms with Gasteiger partial charge in [-0.05, 0) is 68.2 Å². The first kappa shape index (κ1) is 9.37. The van der Waals surface area contributed by atoms with Gasteiger partial charge in [-0.2, -0.15) is 0 Å². The van der Waals surface area contributed by atoms with E-state index >= 15 is 0 Å². The molecule has 0 amide bonds. The summed E-state index contributed by atoms with van der Waals surface area (Å²) in [6.07, 6.45) is 0. The average Bonchev–Trinajstić information content (AvgIpc) is 2.26. The van der Waals surface area contributed by atoms with Crippen molar-refractivity contribution in [3.8, 4) is 0 Å². The Bertz CT molecular complexity index is 422. The zero-order valence-corrected chi connectivity index (χ0v) is 10.6. The second-order valence-corrected chi connectivity index (χ2v) is 7.91. The van der Waals surface area contributed by atoms with Crippen LogP contribution in [0.4, 0.5) is 0 Å². The maximum Gasteiger partial charge on any atom is 0.313 e. The normalized spacial score (nSPS) is 66.6. The smallest absolute Gasteiger partial charge is 0.313 e. The molecular formula is C14H19NO2. The van der Waals surface area contributed by atoms with E-state index in [9.17, 15) is 4.79 Å². The average molecular weight is 233 g/mol. The Hall–Kier alpha value is -0.570. The highest BCUT2D eigenvalue weighted by molar-refractivity contribution is 5.88. The second-order valence-electron chi connectivity index (χ2n) is 7.91. The van der Waals surface area contributed by atoms with Gasteiger partial charge in [0.05, 0.1) is 5.41 Å². The summed E-state index contributed by atoms with van der Waals surface area (Å²) in [7, 11) is 0. The molecule has 6 rings (SSSR count). The van der Waals surface area contributed by atoms with Gasteiger partial charge in [-0.1, -0.05) is 0 Å². The van der Waals surface area contributed by atoms with E-state index in [0.29, 0.717) is 23.2 Å². The molecule has 17 heavy (non-hydrogen) atoms. The van der Waals surface area contributed by atoms with Crippen molar-refractivity contribution in [1.82, 2.24) is 0 Å². The lowest BCUT2D eigenvalue weighted by molar-refractivity contribution is -0.640. The number of ether oxygens (including phenoxy) is 1. The van der Waals surface area contributed by atoms with E-state index in [-0.39, 0.29) is 17.0 Å². The molecule has 0 aromatic carbocycles. The van der Waals surface area contributed by atoms with Crippen molar-refractivity contribution < 1.29 is 9.53 Å². The first-order valence-electron chi connectivity index (χ1n) is 6.86. The Morgan fingerprint density at radius 1 is 1.12 bits per heavy atom. The molecule has 92 valence electrons. The van der Waals surface area contributed by atoms with Gasteiger partial charge >= 0.3 is 5.97 Å². The van der Waals surface area contributed by atoms with Gasteiger partial charge in [0.1, 0.15) is 5.60 Å². The van der Waals surface area contributed by atoms with E-state index in [1.807, 2.05) is 20.8 Å². The van der Waals surface area contributed by atoms with Crippen LogP contribution in [-0.2, 0) is 9.53 Å². The summed E-state index contributed by atoms with van der Waals surface area (Å²) in [5, 5.41) is 0. The number of carbonyl (C=O) groups excluding carboxylic acids is 1. The zero-order chi connectivity index (χ0) is 12.0. The van der Waals surface area contributed by atoms with Crippen LogP contribution in [-0.4, -0.2) is 18.1 Å². The molecule has 6 fully saturated rings. The Kier molecular flexibility index (Phi) is 1.08. The topological polar surface area (TPSA) is 52.3 Å². The van der Waals surface area contributed by atoms with Gasteiger partial charge in [-0.25, -0.2) is 0 Å². The van der Waals surface area contributed by atoms with Crippen molar-refractivity contribution in [3.63, 3.8) is 0 Å². The predicted molar refractivity (Wildman–Crippen MR) is 60.7 cm³/mol. The number of esters is 1. The van der Waals surface area contributed by atoms with Crippen LogP contribution in [0.3, 0.4) is 0 Å².